The Labute approximate surface area is 112 Å². The van der Waals surface area contributed by atoms with Gasteiger partial charge in [0.2, 0.25) is 5.91 Å². The fourth-order valence-electron chi connectivity index (χ4n) is 3.25. The van der Waals surface area contributed by atoms with Crippen molar-refractivity contribution in [1.29, 1.82) is 0 Å². The van der Waals surface area contributed by atoms with Crippen LogP contribution in [0.2, 0.25) is 0 Å². The summed E-state index contributed by atoms with van der Waals surface area (Å²) < 4.78 is 0. The number of nitrogens with zero attached hydrogens (tertiary/aromatic N) is 2. The smallest absolute Gasteiger partial charge is 0.222 e. The van der Waals surface area contributed by atoms with Gasteiger partial charge in [0.15, 0.2) is 0 Å². The van der Waals surface area contributed by atoms with Crippen molar-refractivity contribution in [3.8, 4) is 0 Å². The molecule has 0 aromatic heterocycles. The zero-order chi connectivity index (χ0) is 13.0. The molecule has 1 atom stereocenters. The molecule has 0 aliphatic carbocycles. The highest BCUT2D eigenvalue weighted by Crippen LogP contribution is 2.22. The standard InChI is InChI=1S/C15H28N2O/c1-13-4-3-9-17(12-13)15(18)6-5-14-7-10-16(2)11-8-14/h13-14H,3-12H2,1-2H3. The number of amides is 1. The van der Waals surface area contributed by atoms with E-state index < -0.39 is 0 Å². The third kappa shape index (κ3) is 3.98. The highest BCUT2D eigenvalue weighted by atomic mass is 16.2. The van der Waals surface area contributed by atoms with E-state index in [0.717, 1.165) is 31.8 Å². The van der Waals surface area contributed by atoms with E-state index >= 15 is 0 Å². The minimum absolute atomic E-state index is 0.403. The predicted molar refractivity (Wildman–Crippen MR) is 74.4 cm³/mol. The van der Waals surface area contributed by atoms with E-state index in [-0.39, 0.29) is 0 Å². The highest BCUT2D eigenvalue weighted by molar-refractivity contribution is 5.76. The van der Waals surface area contributed by atoms with E-state index in [4.69, 9.17) is 0 Å². The van der Waals surface area contributed by atoms with E-state index in [0.29, 0.717) is 11.8 Å². The molecule has 2 rings (SSSR count). The second kappa shape index (κ2) is 6.55. The number of carbonyl (C=O) groups excluding carboxylic acids is 1. The van der Waals surface area contributed by atoms with Gasteiger partial charge in [-0.15, -0.1) is 0 Å². The van der Waals surface area contributed by atoms with Crippen molar-refractivity contribution in [1.82, 2.24) is 9.80 Å². The fraction of sp³-hybridized carbons (Fsp3) is 0.933. The maximum atomic E-state index is 12.2. The predicted octanol–water partition coefficient (Wildman–Crippen LogP) is 2.37. The zero-order valence-corrected chi connectivity index (χ0v) is 12.0. The normalized spacial score (nSPS) is 27.4. The fourth-order valence-corrected chi connectivity index (χ4v) is 3.25. The minimum Gasteiger partial charge on any atom is -0.342 e. The molecular formula is C15H28N2O. The van der Waals surface area contributed by atoms with Crippen molar-refractivity contribution in [2.45, 2.75) is 45.4 Å². The van der Waals surface area contributed by atoms with Crippen LogP contribution in [0.1, 0.15) is 45.4 Å². The summed E-state index contributed by atoms with van der Waals surface area (Å²) >= 11 is 0. The molecule has 2 aliphatic rings. The second-order valence-corrected chi connectivity index (χ2v) is 6.37. The van der Waals surface area contributed by atoms with Gasteiger partial charge in [-0.2, -0.15) is 0 Å². The van der Waals surface area contributed by atoms with Crippen LogP contribution in [-0.2, 0) is 4.79 Å². The van der Waals surface area contributed by atoms with Gasteiger partial charge in [0, 0.05) is 19.5 Å². The first-order valence-electron chi connectivity index (χ1n) is 7.61. The molecule has 3 nitrogen and oxygen atoms in total. The van der Waals surface area contributed by atoms with Gasteiger partial charge in [-0.05, 0) is 64.1 Å². The summed E-state index contributed by atoms with van der Waals surface area (Å²) in [6.07, 6.45) is 6.93. The molecule has 0 bridgehead atoms. The largest absolute Gasteiger partial charge is 0.342 e. The molecule has 0 radical (unpaired) electrons. The van der Waals surface area contributed by atoms with E-state index in [2.05, 4.69) is 23.8 Å². The third-order valence-electron chi connectivity index (χ3n) is 4.61. The lowest BCUT2D eigenvalue weighted by Crippen LogP contribution is -2.39. The first-order chi connectivity index (χ1) is 8.65. The number of likely N-dealkylation sites (tertiary alicyclic amines) is 2. The van der Waals surface area contributed by atoms with Crippen molar-refractivity contribution in [3.05, 3.63) is 0 Å². The number of hydrogen-bond acceptors (Lipinski definition) is 2. The van der Waals surface area contributed by atoms with Gasteiger partial charge in [-0.3, -0.25) is 4.79 Å². The summed E-state index contributed by atoms with van der Waals surface area (Å²) in [6.45, 7) is 6.67. The van der Waals surface area contributed by atoms with Gasteiger partial charge < -0.3 is 9.80 Å². The summed E-state index contributed by atoms with van der Waals surface area (Å²) in [4.78, 5) is 16.7. The average Bonchev–Trinajstić information content (AvgIpc) is 2.38. The summed E-state index contributed by atoms with van der Waals surface area (Å²) in [5.74, 6) is 1.89. The molecule has 0 N–H and O–H groups in total. The Kier molecular flexibility index (Phi) is 5.04. The van der Waals surface area contributed by atoms with Crippen molar-refractivity contribution in [2.24, 2.45) is 11.8 Å². The first-order valence-corrected chi connectivity index (χ1v) is 7.61. The molecule has 1 amide bonds. The Morgan fingerprint density at radius 3 is 2.56 bits per heavy atom. The van der Waals surface area contributed by atoms with Crippen LogP contribution in [0.15, 0.2) is 0 Å². The monoisotopic (exact) mass is 252 g/mol. The SMILES string of the molecule is CC1CCCN(C(=O)CCC2CCN(C)CC2)C1. The van der Waals surface area contributed by atoms with Gasteiger partial charge in [-0.1, -0.05) is 6.92 Å². The average molecular weight is 252 g/mol. The van der Waals surface area contributed by atoms with Crippen LogP contribution in [0.25, 0.3) is 0 Å². The lowest BCUT2D eigenvalue weighted by molar-refractivity contribution is -0.133. The van der Waals surface area contributed by atoms with Crippen LogP contribution in [0.5, 0.6) is 0 Å². The highest BCUT2D eigenvalue weighted by Gasteiger charge is 2.22. The maximum Gasteiger partial charge on any atom is 0.222 e. The van der Waals surface area contributed by atoms with Crippen molar-refractivity contribution >= 4 is 5.91 Å². The van der Waals surface area contributed by atoms with Gasteiger partial charge >= 0.3 is 0 Å². The maximum absolute atomic E-state index is 12.2. The van der Waals surface area contributed by atoms with Crippen molar-refractivity contribution in [2.75, 3.05) is 33.2 Å². The molecule has 2 fully saturated rings. The van der Waals surface area contributed by atoms with Crippen LogP contribution < -0.4 is 0 Å². The van der Waals surface area contributed by atoms with Crippen molar-refractivity contribution < 1.29 is 4.79 Å². The van der Waals surface area contributed by atoms with Gasteiger partial charge in [0.25, 0.3) is 0 Å². The molecule has 0 spiro atoms. The minimum atomic E-state index is 0.403. The van der Waals surface area contributed by atoms with Crippen LogP contribution in [0.3, 0.4) is 0 Å². The Morgan fingerprint density at radius 2 is 1.89 bits per heavy atom. The molecule has 104 valence electrons. The molecule has 3 heteroatoms. The Hall–Kier alpha value is -0.570. The number of carbonyl (C=O) groups is 1. The first kappa shape index (κ1) is 13.9. The van der Waals surface area contributed by atoms with Crippen LogP contribution in [-0.4, -0.2) is 48.9 Å². The molecule has 0 saturated carbocycles. The van der Waals surface area contributed by atoms with Crippen LogP contribution >= 0.6 is 0 Å². The topological polar surface area (TPSA) is 23.6 Å². The number of rotatable bonds is 3. The van der Waals surface area contributed by atoms with Gasteiger partial charge in [0.05, 0.1) is 0 Å². The molecule has 2 saturated heterocycles. The molecule has 0 aromatic rings. The van der Waals surface area contributed by atoms with Gasteiger partial charge in [-0.25, -0.2) is 0 Å². The summed E-state index contributed by atoms with van der Waals surface area (Å²) in [5, 5.41) is 0. The number of piperidine rings is 2. The van der Waals surface area contributed by atoms with E-state index in [1.807, 2.05) is 0 Å². The van der Waals surface area contributed by atoms with Gasteiger partial charge in [0.1, 0.15) is 0 Å². The van der Waals surface area contributed by atoms with E-state index in [1.54, 1.807) is 0 Å². The third-order valence-corrected chi connectivity index (χ3v) is 4.61. The van der Waals surface area contributed by atoms with E-state index in [1.165, 1.54) is 38.8 Å². The van der Waals surface area contributed by atoms with E-state index in [9.17, 15) is 4.79 Å². The second-order valence-electron chi connectivity index (χ2n) is 6.37. The summed E-state index contributed by atoms with van der Waals surface area (Å²) in [5.41, 5.74) is 0. The summed E-state index contributed by atoms with van der Waals surface area (Å²) in [7, 11) is 2.19. The lowest BCUT2D eigenvalue weighted by atomic mass is 9.92. The van der Waals surface area contributed by atoms with Crippen LogP contribution in [0, 0.1) is 11.8 Å². The number of hydrogen-bond donors (Lipinski definition) is 0. The molecule has 2 aliphatic heterocycles. The van der Waals surface area contributed by atoms with Crippen LogP contribution in [0.4, 0.5) is 0 Å². The Bertz CT molecular complexity index is 272. The lowest BCUT2D eigenvalue weighted by Gasteiger charge is -2.32. The molecule has 18 heavy (non-hydrogen) atoms. The Balaban J connectivity index is 1.68. The summed E-state index contributed by atoms with van der Waals surface area (Å²) in [6, 6.07) is 0. The zero-order valence-electron chi connectivity index (χ0n) is 12.0. The molecule has 0 aromatic carbocycles. The Morgan fingerprint density at radius 1 is 1.17 bits per heavy atom. The van der Waals surface area contributed by atoms with Crippen molar-refractivity contribution in [3.63, 3.8) is 0 Å². The molecular weight excluding hydrogens is 224 g/mol. The quantitative estimate of drug-likeness (QED) is 0.770. The molecule has 1 unspecified atom stereocenters. The molecule has 2 heterocycles.